The molecule has 0 aromatic carbocycles. The van der Waals surface area contributed by atoms with Gasteiger partial charge in [0, 0.05) is 26.2 Å². The third kappa shape index (κ3) is 7.80. The van der Waals surface area contributed by atoms with Gasteiger partial charge < -0.3 is 19.2 Å². The van der Waals surface area contributed by atoms with Crippen LogP contribution < -0.4 is 5.32 Å². The first-order valence-electron chi connectivity index (χ1n) is 7.57. The van der Waals surface area contributed by atoms with Crippen LogP contribution in [0.15, 0.2) is 16.5 Å². The van der Waals surface area contributed by atoms with E-state index in [2.05, 4.69) is 19.7 Å². The molecule has 1 fully saturated rings. The summed E-state index contributed by atoms with van der Waals surface area (Å²) in [6.07, 6.45) is 0. The average Bonchev–Trinajstić information content (AvgIpc) is 2.95. The molecular weight excluding hydrogens is 300 g/mol. The SMILES string of the molecule is CC(C)(C)OC=O.COC(=O)c1ccc(CN2CCNCC2)o1. The monoisotopic (exact) mass is 326 g/mol. The Hall–Kier alpha value is -1.86. The first-order chi connectivity index (χ1) is 10.9. The zero-order valence-corrected chi connectivity index (χ0v) is 14.3. The van der Waals surface area contributed by atoms with Crippen molar-refractivity contribution in [2.75, 3.05) is 33.3 Å². The molecule has 1 aromatic rings. The highest BCUT2D eigenvalue weighted by atomic mass is 16.5. The van der Waals surface area contributed by atoms with E-state index in [1.54, 1.807) is 6.07 Å². The van der Waals surface area contributed by atoms with Gasteiger partial charge in [-0.1, -0.05) is 0 Å². The minimum atomic E-state index is -0.424. The van der Waals surface area contributed by atoms with E-state index in [1.165, 1.54) is 7.11 Å². The van der Waals surface area contributed by atoms with Crippen molar-refractivity contribution in [3.05, 3.63) is 23.7 Å². The molecule has 7 nitrogen and oxygen atoms in total. The molecular formula is C16H26N2O5. The number of nitrogens with one attached hydrogen (secondary N) is 1. The second-order valence-corrected chi connectivity index (χ2v) is 6.11. The van der Waals surface area contributed by atoms with Crippen LogP contribution in [0.2, 0.25) is 0 Å². The number of nitrogens with zero attached hydrogens (tertiary/aromatic N) is 1. The lowest BCUT2D eigenvalue weighted by molar-refractivity contribution is -0.138. The number of ether oxygens (including phenoxy) is 2. The van der Waals surface area contributed by atoms with Crippen LogP contribution in [-0.2, 0) is 20.8 Å². The maximum absolute atomic E-state index is 11.2. The molecule has 0 radical (unpaired) electrons. The Kier molecular flexibility index (Phi) is 7.77. The first-order valence-corrected chi connectivity index (χ1v) is 7.57. The number of carbonyl (C=O) groups is 2. The van der Waals surface area contributed by atoms with Crippen molar-refractivity contribution < 1.29 is 23.5 Å². The highest BCUT2D eigenvalue weighted by molar-refractivity contribution is 5.86. The predicted molar refractivity (Wildman–Crippen MR) is 85.1 cm³/mol. The molecule has 1 N–H and O–H groups in total. The van der Waals surface area contributed by atoms with Crippen molar-refractivity contribution in [1.29, 1.82) is 0 Å². The molecule has 0 amide bonds. The lowest BCUT2D eigenvalue weighted by Gasteiger charge is -2.26. The van der Waals surface area contributed by atoms with Crippen LogP contribution in [0.25, 0.3) is 0 Å². The molecule has 7 heteroatoms. The molecule has 0 unspecified atom stereocenters. The summed E-state index contributed by atoms with van der Waals surface area (Å²) in [5, 5.41) is 3.29. The van der Waals surface area contributed by atoms with Gasteiger partial charge in [-0.2, -0.15) is 0 Å². The Balaban J connectivity index is 0.000000322. The van der Waals surface area contributed by atoms with Gasteiger partial charge in [-0.15, -0.1) is 0 Å². The second kappa shape index (κ2) is 9.32. The summed E-state index contributed by atoms with van der Waals surface area (Å²) in [5.74, 6) is 0.654. The van der Waals surface area contributed by atoms with Gasteiger partial charge >= 0.3 is 5.97 Å². The molecule has 0 aliphatic carbocycles. The molecule has 1 aliphatic heterocycles. The minimum Gasteiger partial charge on any atom is -0.463 e. The van der Waals surface area contributed by atoms with Gasteiger partial charge in [0.05, 0.1) is 13.7 Å². The Morgan fingerprint density at radius 2 is 2.00 bits per heavy atom. The standard InChI is InChI=1S/C11H16N2O3.C5H10O2/c1-15-11(14)10-3-2-9(16-10)8-13-6-4-12-5-7-13;1-5(2,3)7-4-6/h2-3,12H,4-8H2,1H3;4H,1-3H3. The third-order valence-electron chi connectivity index (χ3n) is 3.04. The van der Waals surface area contributed by atoms with Gasteiger partial charge in [0.1, 0.15) is 11.4 Å². The van der Waals surface area contributed by atoms with Crippen LogP contribution in [0.1, 0.15) is 37.1 Å². The lowest BCUT2D eigenvalue weighted by Crippen LogP contribution is -2.42. The summed E-state index contributed by atoms with van der Waals surface area (Å²) in [6.45, 7) is 10.7. The smallest absolute Gasteiger partial charge is 0.373 e. The maximum Gasteiger partial charge on any atom is 0.373 e. The van der Waals surface area contributed by atoms with E-state index in [9.17, 15) is 9.59 Å². The highest BCUT2D eigenvalue weighted by Gasteiger charge is 2.15. The van der Waals surface area contributed by atoms with Crippen molar-refractivity contribution in [3.8, 4) is 0 Å². The Morgan fingerprint density at radius 1 is 1.35 bits per heavy atom. The van der Waals surface area contributed by atoms with Gasteiger partial charge in [-0.25, -0.2) is 4.79 Å². The van der Waals surface area contributed by atoms with E-state index >= 15 is 0 Å². The average molecular weight is 326 g/mol. The number of hydrogen-bond acceptors (Lipinski definition) is 7. The largest absolute Gasteiger partial charge is 0.463 e. The summed E-state index contributed by atoms with van der Waals surface area (Å²) in [6, 6.07) is 3.48. The summed E-state index contributed by atoms with van der Waals surface area (Å²) >= 11 is 0. The van der Waals surface area contributed by atoms with E-state index in [1.807, 2.05) is 26.8 Å². The number of esters is 1. The maximum atomic E-state index is 11.2. The van der Waals surface area contributed by atoms with Crippen LogP contribution >= 0.6 is 0 Å². The summed E-state index contributed by atoms with van der Waals surface area (Å²) < 4.78 is 14.5. The van der Waals surface area contributed by atoms with Crippen LogP contribution in [0.5, 0.6) is 0 Å². The van der Waals surface area contributed by atoms with Gasteiger partial charge in [0.15, 0.2) is 0 Å². The zero-order chi connectivity index (χ0) is 17.3. The molecule has 130 valence electrons. The fraction of sp³-hybridized carbons (Fsp3) is 0.625. The number of carbonyl (C=O) groups excluding carboxylic acids is 2. The fourth-order valence-corrected chi connectivity index (χ4v) is 1.91. The number of methoxy groups -OCH3 is 1. The zero-order valence-electron chi connectivity index (χ0n) is 14.3. The number of hydrogen-bond donors (Lipinski definition) is 1. The molecule has 2 heterocycles. The van der Waals surface area contributed by atoms with Gasteiger partial charge in [-0.3, -0.25) is 9.69 Å². The van der Waals surface area contributed by atoms with Crippen molar-refractivity contribution in [2.45, 2.75) is 32.9 Å². The molecule has 0 saturated carbocycles. The molecule has 0 bridgehead atoms. The van der Waals surface area contributed by atoms with E-state index < -0.39 is 5.97 Å². The van der Waals surface area contributed by atoms with Crippen LogP contribution in [0.3, 0.4) is 0 Å². The molecule has 1 aromatic heterocycles. The predicted octanol–water partition coefficient (Wildman–Crippen LogP) is 1.43. The number of rotatable bonds is 4. The van der Waals surface area contributed by atoms with E-state index in [-0.39, 0.29) is 11.4 Å². The molecule has 1 aliphatic rings. The first kappa shape index (κ1) is 19.2. The Bertz CT molecular complexity index is 487. The summed E-state index contributed by atoms with van der Waals surface area (Å²) in [7, 11) is 1.35. The van der Waals surface area contributed by atoms with Crippen molar-refractivity contribution in [2.24, 2.45) is 0 Å². The number of piperazine rings is 1. The molecule has 2 rings (SSSR count). The van der Waals surface area contributed by atoms with Crippen molar-refractivity contribution in [3.63, 3.8) is 0 Å². The lowest BCUT2D eigenvalue weighted by atomic mass is 10.2. The molecule has 1 saturated heterocycles. The van der Waals surface area contributed by atoms with Crippen LogP contribution in [-0.4, -0.2) is 56.2 Å². The van der Waals surface area contributed by atoms with Crippen LogP contribution in [0, 0.1) is 0 Å². The van der Waals surface area contributed by atoms with Gasteiger partial charge in [-0.05, 0) is 32.9 Å². The third-order valence-corrected chi connectivity index (χ3v) is 3.04. The highest BCUT2D eigenvalue weighted by Crippen LogP contribution is 2.11. The van der Waals surface area contributed by atoms with E-state index in [0.29, 0.717) is 6.47 Å². The summed E-state index contributed by atoms with van der Waals surface area (Å²) in [4.78, 5) is 23.1. The minimum absolute atomic E-state index is 0.271. The molecule has 23 heavy (non-hydrogen) atoms. The normalized spacial score (nSPS) is 15.3. The van der Waals surface area contributed by atoms with Gasteiger partial charge in [0.2, 0.25) is 5.76 Å². The molecule has 0 atom stereocenters. The van der Waals surface area contributed by atoms with E-state index in [0.717, 1.165) is 38.5 Å². The Morgan fingerprint density at radius 3 is 2.48 bits per heavy atom. The van der Waals surface area contributed by atoms with Crippen LogP contribution in [0.4, 0.5) is 0 Å². The van der Waals surface area contributed by atoms with Crippen molar-refractivity contribution in [1.82, 2.24) is 10.2 Å². The van der Waals surface area contributed by atoms with E-state index in [4.69, 9.17) is 4.42 Å². The van der Waals surface area contributed by atoms with Gasteiger partial charge in [0.25, 0.3) is 6.47 Å². The Labute approximate surface area is 136 Å². The van der Waals surface area contributed by atoms with Crippen molar-refractivity contribution >= 4 is 12.4 Å². The summed E-state index contributed by atoms with van der Waals surface area (Å²) in [5.41, 5.74) is -0.318. The number of furan rings is 1. The second-order valence-electron chi connectivity index (χ2n) is 6.11. The topological polar surface area (TPSA) is 81.0 Å². The quantitative estimate of drug-likeness (QED) is 0.662. The fourth-order valence-electron chi connectivity index (χ4n) is 1.91. The molecule has 0 spiro atoms.